The molecule has 2 saturated heterocycles. The highest BCUT2D eigenvalue weighted by molar-refractivity contribution is 5.69. The Labute approximate surface area is 177 Å². The van der Waals surface area contributed by atoms with Crippen molar-refractivity contribution in [3.05, 3.63) is 59.9 Å². The number of nitrogens with zero attached hydrogens (tertiary/aromatic N) is 2. The summed E-state index contributed by atoms with van der Waals surface area (Å²) in [5, 5.41) is 0. The first kappa shape index (κ1) is 20.6. The van der Waals surface area contributed by atoms with Gasteiger partial charge in [0.2, 0.25) is 0 Å². The van der Waals surface area contributed by atoms with Crippen molar-refractivity contribution in [1.82, 2.24) is 15.4 Å². The van der Waals surface area contributed by atoms with Gasteiger partial charge in [-0.1, -0.05) is 12.1 Å². The molecule has 1 N–H and O–H groups in total. The van der Waals surface area contributed by atoms with Crippen LogP contribution in [0.25, 0.3) is 0 Å². The molecular formula is C23H29N3O4. The van der Waals surface area contributed by atoms with Gasteiger partial charge in [0.25, 0.3) is 0 Å². The molecule has 2 aliphatic heterocycles. The smallest absolute Gasteiger partial charge is 0.410 e. The maximum atomic E-state index is 13.0. The largest absolute Gasteiger partial charge is 0.497 e. The molecule has 1 aromatic heterocycles. The molecule has 2 atom stereocenters. The molecule has 7 nitrogen and oxygen atoms in total. The molecule has 3 heterocycles. The van der Waals surface area contributed by atoms with Gasteiger partial charge in [-0.15, -0.1) is 0 Å². The van der Waals surface area contributed by atoms with Gasteiger partial charge >= 0.3 is 6.09 Å². The van der Waals surface area contributed by atoms with Crippen molar-refractivity contribution in [3.8, 4) is 5.75 Å². The van der Waals surface area contributed by atoms with E-state index in [1.165, 1.54) is 0 Å². The van der Waals surface area contributed by atoms with Gasteiger partial charge in [0.1, 0.15) is 11.4 Å². The van der Waals surface area contributed by atoms with Crippen LogP contribution in [0.1, 0.15) is 31.9 Å². The molecule has 2 unspecified atom stereocenters. The Morgan fingerprint density at radius 3 is 2.50 bits per heavy atom. The maximum Gasteiger partial charge on any atom is 0.410 e. The topological polar surface area (TPSA) is 72.9 Å². The molecule has 2 fully saturated rings. The molecule has 1 amide bonds. The number of aromatic nitrogens is 1. The Hall–Kier alpha value is -2.64. The van der Waals surface area contributed by atoms with Crippen LogP contribution < -0.4 is 10.2 Å². The first-order chi connectivity index (χ1) is 14.3. The van der Waals surface area contributed by atoms with E-state index < -0.39 is 11.1 Å². The number of likely N-dealkylation sites (tertiary alicyclic amines) is 1. The molecule has 1 aromatic carbocycles. The summed E-state index contributed by atoms with van der Waals surface area (Å²) < 4.78 is 11.0. The molecule has 30 heavy (non-hydrogen) atoms. The lowest BCUT2D eigenvalue weighted by molar-refractivity contribution is 0.0136. The lowest BCUT2D eigenvalue weighted by atomic mass is 9.67. The number of hydroxylamine groups is 1. The second-order valence-electron chi connectivity index (χ2n) is 9.17. The Kier molecular flexibility index (Phi) is 5.20. The summed E-state index contributed by atoms with van der Waals surface area (Å²) in [7, 11) is 1.66. The van der Waals surface area contributed by atoms with Crippen LogP contribution in [0.15, 0.2) is 48.8 Å². The predicted octanol–water partition coefficient (Wildman–Crippen LogP) is 3.30. The molecule has 4 rings (SSSR count). The van der Waals surface area contributed by atoms with Gasteiger partial charge < -0.3 is 19.2 Å². The second kappa shape index (κ2) is 7.56. The minimum absolute atomic E-state index is 0.304. The van der Waals surface area contributed by atoms with Gasteiger partial charge in [-0.05, 0) is 62.6 Å². The SMILES string of the molecule is COc1ccc(CC23CONC2(c2ccncc2)CN(C(=O)OC(C)(C)C)C3)cc1. The molecule has 0 saturated carbocycles. The zero-order valence-electron chi connectivity index (χ0n) is 18.0. The number of ether oxygens (including phenoxy) is 2. The van der Waals surface area contributed by atoms with Crippen LogP contribution >= 0.6 is 0 Å². The minimum atomic E-state index is -0.550. The van der Waals surface area contributed by atoms with E-state index in [2.05, 4.69) is 22.6 Å². The quantitative estimate of drug-likeness (QED) is 0.832. The van der Waals surface area contributed by atoms with Crippen LogP contribution in [0.4, 0.5) is 4.79 Å². The molecule has 2 aromatic rings. The highest BCUT2D eigenvalue weighted by Crippen LogP contribution is 2.52. The average Bonchev–Trinajstić information content (AvgIpc) is 3.21. The summed E-state index contributed by atoms with van der Waals surface area (Å²) in [5.74, 6) is 0.819. The van der Waals surface area contributed by atoms with Gasteiger partial charge in [-0.2, -0.15) is 5.48 Å². The first-order valence-corrected chi connectivity index (χ1v) is 10.2. The van der Waals surface area contributed by atoms with Gasteiger partial charge in [-0.3, -0.25) is 4.98 Å². The molecule has 0 aliphatic carbocycles. The number of benzene rings is 1. The van der Waals surface area contributed by atoms with Crippen LogP contribution in [-0.4, -0.2) is 48.4 Å². The number of hydrogen-bond donors (Lipinski definition) is 1. The molecule has 7 heteroatoms. The van der Waals surface area contributed by atoms with E-state index in [0.717, 1.165) is 23.3 Å². The summed E-state index contributed by atoms with van der Waals surface area (Å²) in [5.41, 5.74) is 4.04. The Bertz CT molecular complexity index is 897. The normalized spacial score (nSPS) is 25.8. The highest BCUT2D eigenvalue weighted by atomic mass is 16.7. The van der Waals surface area contributed by atoms with E-state index in [-0.39, 0.29) is 11.5 Å². The van der Waals surface area contributed by atoms with Gasteiger partial charge in [0, 0.05) is 30.9 Å². The molecular weight excluding hydrogens is 382 g/mol. The fourth-order valence-corrected chi connectivity index (χ4v) is 4.56. The van der Waals surface area contributed by atoms with E-state index in [9.17, 15) is 4.79 Å². The van der Waals surface area contributed by atoms with Crippen molar-refractivity contribution in [2.24, 2.45) is 5.41 Å². The Morgan fingerprint density at radius 2 is 1.87 bits per heavy atom. The van der Waals surface area contributed by atoms with Gasteiger partial charge in [0.05, 0.1) is 19.3 Å². The van der Waals surface area contributed by atoms with E-state index >= 15 is 0 Å². The number of hydrogen-bond acceptors (Lipinski definition) is 6. The minimum Gasteiger partial charge on any atom is -0.497 e. The lowest BCUT2D eigenvalue weighted by Crippen LogP contribution is -2.50. The van der Waals surface area contributed by atoms with Crippen molar-refractivity contribution < 1.29 is 19.1 Å². The number of pyridine rings is 1. The van der Waals surface area contributed by atoms with Gasteiger partial charge in [0.15, 0.2) is 0 Å². The first-order valence-electron chi connectivity index (χ1n) is 10.2. The number of carbonyl (C=O) groups excluding carboxylic acids is 1. The van der Waals surface area contributed by atoms with Crippen molar-refractivity contribution in [1.29, 1.82) is 0 Å². The summed E-state index contributed by atoms with van der Waals surface area (Å²) >= 11 is 0. The van der Waals surface area contributed by atoms with Gasteiger partial charge in [-0.25, -0.2) is 4.79 Å². The fourth-order valence-electron chi connectivity index (χ4n) is 4.56. The predicted molar refractivity (Wildman–Crippen MR) is 112 cm³/mol. The molecule has 0 bridgehead atoms. The number of fused-ring (bicyclic) bond motifs is 1. The third-order valence-corrected chi connectivity index (χ3v) is 5.95. The number of amides is 1. The van der Waals surface area contributed by atoms with Crippen LogP contribution in [0.3, 0.4) is 0 Å². The van der Waals surface area contributed by atoms with Crippen LogP contribution in [0, 0.1) is 5.41 Å². The molecule has 0 radical (unpaired) electrons. The van der Waals surface area contributed by atoms with Crippen molar-refractivity contribution in [2.75, 3.05) is 26.8 Å². The Balaban J connectivity index is 1.71. The van der Waals surface area contributed by atoms with Crippen LogP contribution in [0.2, 0.25) is 0 Å². The fraction of sp³-hybridized carbons (Fsp3) is 0.478. The average molecular weight is 412 g/mol. The number of carbonyl (C=O) groups is 1. The van der Waals surface area contributed by atoms with E-state index in [1.807, 2.05) is 45.0 Å². The summed E-state index contributed by atoms with van der Waals surface area (Å²) in [6, 6.07) is 12.0. The van der Waals surface area contributed by atoms with Crippen molar-refractivity contribution >= 4 is 6.09 Å². The van der Waals surface area contributed by atoms with Crippen LogP contribution in [-0.2, 0) is 21.5 Å². The van der Waals surface area contributed by atoms with E-state index in [4.69, 9.17) is 14.3 Å². The second-order valence-corrected chi connectivity index (χ2v) is 9.17. The zero-order chi connectivity index (χ0) is 21.4. The maximum absolute atomic E-state index is 13.0. The zero-order valence-corrected chi connectivity index (χ0v) is 18.0. The molecule has 160 valence electrons. The van der Waals surface area contributed by atoms with Crippen molar-refractivity contribution in [3.63, 3.8) is 0 Å². The highest BCUT2D eigenvalue weighted by Gasteiger charge is 2.64. The van der Waals surface area contributed by atoms with Crippen LogP contribution in [0.5, 0.6) is 5.75 Å². The third-order valence-electron chi connectivity index (χ3n) is 5.95. The number of nitrogens with one attached hydrogen (secondary N) is 1. The number of methoxy groups -OCH3 is 1. The standard InChI is InChI=1S/C23H29N3O4/c1-21(2,3)30-20(27)26-14-22(13-17-5-7-19(28-4)8-6-17)16-29-25-23(22,15-26)18-9-11-24-12-10-18/h5-12,25H,13-16H2,1-4H3. The summed E-state index contributed by atoms with van der Waals surface area (Å²) in [6.45, 7) is 7.13. The Morgan fingerprint density at radius 1 is 1.17 bits per heavy atom. The molecule has 0 spiro atoms. The summed E-state index contributed by atoms with van der Waals surface area (Å²) in [4.78, 5) is 24.8. The van der Waals surface area contributed by atoms with Crippen molar-refractivity contribution in [2.45, 2.75) is 38.3 Å². The monoisotopic (exact) mass is 411 g/mol. The third kappa shape index (κ3) is 3.63. The summed E-state index contributed by atoms with van der Waals surface area (Å²) in [6.07, 6.45) is 3.99. The van der Waals surface area contributed by atoms with E-state index in [0.29, 0.717) is 19.7 Å². The lowest BCUT2D eigenvalue weighted by Gasteiger charge is -2.37. The number of rotatable bonds is 4. The van der Waals surface area contributed by atoms with E-state index in [1.54, 1.807) is 24.4 Å². The molecule has 2 aliphatic rings.